The van der Waals surface area contributed by atoms with Crippen molar-refractivity contribution in [3.05, 3.63) is 97.9 Å². The minimum absolute atomic E-state index is 0.0745. The topological polar surface area (TPSA) is 62.1 Å². The number of benzene rings is 3. The minimum Gasteiger partial charge on any atom is -0.486 e. The monoisotopic (exact) mass is 500 g/mol. The van der Waals surface area contributed by atoms with Gasteiger partial charge in [-0.15, -0.1) is 0 Å². The van der Waals surface area contributed by atoms with E-state index in [4.69, 9.17) is 27.9 Å². The van der Waals surface area contributed by atoms with Gasteiger partial charge in [0.15, 0.2) is 5.75 Å². The third-order valence-corrected chi connectivity index (χ3v) is 5.11. The summed E-state index contributed by atoms with van der Waals surface area (Å²) in [6.07, 6.45) is 1.43. The van der Waals surface area contributed by atoms with Crippen LogP contribution < -0.4 is 10.1 Å². The van der Waals surface area contributed by atoms with Crippen molar-refractivity contribution in [2.75, 3.05) is 5.32 Å². The van der Waals surface area contributed by atoms with Gasteiger partial charge in [0.25, 0.3) is 5.91 Å². The van der Waals surface area contributed by atoms with Gasteiger partial charge in [-0.2, -0.15) is 5.26 Å². The summed E-state index contributed by atoms with van der Waals surface area (Å²) in [5.41, 5.74) is 1.99. The maximum Gasteiger partial charge on any atom is 0.266 e. The van der Waals surface area contributed by atoms with Gasteiger partial charge in [-0.3, -0.25) is 4.79 Å². The summed E-state index contributed by atoms with van der Waals surface area (Å²) in [6.45, 7) is 0.296. The molecule has 7 heteroatoms. The lowest BCUT2D eigenvalue weighted by molar-refractivity contribution is -0.112. The summed E-state index contributed by atoms with van der Waals surface area (Å²) in [5.74, 6) is -0.183. The fourth-order valence-corrected chi connectivity index (χ4v) is 3.45. The highest BCUT2D eigenvalue weighted by atomic mass is 79.9. The van der Waals surface area contributed by atoms with Gasteiger partial charge in [-0.05, 0) is 53.6 Å². The summed E-state index contributed by atoms with van der Waals surface area (Å²) in [6, 6.07) is 21.7. The molecule has 0 heterocycles. The van der Waals surface area contributed by atoms with Gasteiger partial charge in [0.05, 0.1) is 10.0 Å². The quantitative estimate of drug-likeness (QED) is 0.295. The van der Waals surface area contributed by atoms with E-state index in [0.29, 0.717) is 23.6 Å². The lowest BCUT2D eigenvalue weighted by atomic mass is 10.1. The number of hydrogen-bond acceptors (Lipinski definition) is 3. The largest absolute Gasteiger partial charge is 0.486 e. The highest BCUT2D eigenvalue weighted by Gasteiger charge is 2.13. The normalized spacial score (nSPS) is 10.9. The summed E-state index contributed by atoms with van der Waals surface area (Å²) >= 11 is 16.1. The Morgan fingerprint density at radius 2 is 1.70 bits per heavy atom. The van der Waals surface area contributed by atoms with E-state index in [9.17, 15) is 10.1 Å². The molecule has 4 nitrogen and oxygen atoms in total. The molecule has 0 unspecified atom stereocenters. The van der Waals surface area contributed by atoms with Crippen LogP contribution in [0.5, 0.6) is 5.75 Å². The van der Waals surface area contributed by atoms with Gasteiger partial charge in [0.2, 0.25) is 0 Å². The number of nitriles is 1. The molecule has 3 aromatic carbocycles. The van der Waals surface area contributed by atoms with Crippen molar-refractivity contribution < 1.29 is 9.53 Å². The molecule has 3 aromatic rings. The van der Waals surface area contributed by atoms with Crippen LogP contribution in [0.4, 0.5) is 5.69 Å². The Bertz CT molecular complexity index is 1100. The van der Waals surface area contributed by atoms with Crippen LogP contribution in [0.3, 0.4) is 0 Å². The number of ether oxygens (including phenoxy) is 1. The van der Waals surface area contributed by atoms with Crippen LogP contribution in [0.15, 0.2) is 76.8 Å². The van der Waals surface area contributed by atoms with Gasteiger partial charge in [0.1, 0.15) is 18.2 Å². The average molecular weight is 502 g/mol. The predicted molar refractivity (Wildman–Crippen MR) is 124 cm³/mol. The number of anilines is 1. The second-order valence-electron chi connectivity index (χ2n) is 6.22. The Balaban J connectivity index is 1.76. The molecule has 3 rings (SSSR count). The van der Waals surface area contributed by atoms with Gasteiger partial charge >= 0.3 is 0 Å². The maximum atomic E-state index is 12.4. The molecular formula is C23H15BrCl2N2O2. The molecule has 0 saturated carbocycles. The van der Waals surface area contributed by atoms with Crippen LogP contribution in [0.2, 0.25) is 10.0 Å². The van der Waals surface area contributed by atoms with Gasteiger partial charge in [-0.1, -0.05) is 69.5 Å². The zero-order valence-corrected chi connectivity index (χ0v) is 18.6. The fraction of sp³-hybridized carbons (Fsp3) is 0.0435. The van der Waals surface area contributed by atoms with E-state index >= 15 is 0 Å². The first kappa shape index (κ1) is 21.9. The van der Waals surface area contributed by atoms with Crippen molar-refractivity contribution in [1.82, 2.24) is 0 Å². The smallest absolute Gasteiger partial charge is 0.266 e. The third kappa shape index (κ3) is 5.87. The maximum absolute atomic E-state index is 12.4. The number of nitrogens with one attached hydrogen (secondary N) is 1. The molecule has 1 amide bonds. The number of amides is 1. The average Bonchev–Trinajstić information content (AvgIpc) is 2.73. The summed E-state index contributed by atoms with van der Waals surface area (Å²) in [4.78, 5) is 12.4. The van der Waals surface area contributed by atoms with Crippen LogP contribution in [0.25, 0.3) is 6.08 Å². The SMILES string of the molecule is N#C/C(=C/c1cc(Cl)c(OCc2ccc(Br)cc2)c(Cl)c1)C(=O)Nc1ccccc1. The van der Waals surface area contributed by atoms with Crippen LogP contribution in [0.1, 0.15) is 11.1 Å². The number of rotatable bonds is 6. The first-order valence-electron chi connectivity index (χ1n) is 8.81. The molecule has 0 atom stereocenters. The molecule has 150 valence electrons. The molecule has 0 aliphatic carbocycles. The molecule has 0 spiro atoms. The molecule has 0 fully saturated rings. The molecule has 30 heavy (non-hydrogen) atoms. The highest BCUT2D eigenvalue weighted by molar-refractivity contribution is 9.10. The van der Waals surface area contributed by atoms with Crippen molar-refractivity contribution in [1.29, 1.82) is 5.26 Å². The van der Waals surface area contributed by atoms with Crippen LogP contribution in [0, 0.1) is 11.3 Å². The van der Waals surface area contributed by atoms with Crippen LogP contribution in [-0.2, 0) is 11.4 Å². The number of nitrogens with zero attached hydrogens (tertiary/aromatic N) is 1. The number of carbonyl (C=O) groups excluding carboxylic acids is 1. The van der Waals surface area contributed by atoms with Gasteiger partial charge in [-0.25, -0.2) is 0 Å². The molecule has 0 aliphatic rings. The second kappa shape index (κ2) is 10.3. The Labute approximate surface area is 192 Å². The number of carbonyl (C=O) groups is 1. The zero-order valence-electron chi connectivity index (χ0n) is 15.5. The summed E-state index contributed by atoms with van der Waals surface area (Å²) in [7, 11) is 0. The van der Waals surface area contributed by atoms with E-state index < -0.39 is 5.91 Å². The van der Waals surface area contributed by atoms with Crippen molar-refractivity contribution in [2.24, 2.45) is 0 Å². The second-order valence-corrected chi connectivity index (χ2v) is 7.95. The van der Waals surface area contributed by atoms with Crippen molar-refractivity contribution in [2.45, 2.75) is 6.61 Å². The number of hydrogen-bond donors (Lipinski definition) is 1. The minimum atomic E-state index is -0.522. The van der Waals surface area contributed by atoms with Crippen molar-refractivity contribution in [3.8, 4) is 11.8 Å². The van der Waals surface area contributed by atoms with Crippen molar-refractivity contribution >= 4 is 56.8 Å². The molecular weight excluding hydrogens is 487 g/mol. The fourth-order valence-electron chi connectivity index (χ4n) is 2.57. The molecule has 0 bridgehead atoms. The summed E-state index contributed by atoms with van der Waals surface area (Å²) < 4.78 is 6.74. The molecule has 0 saturated heterocycles. The molecule has 0 aromatic heterocycles. The third-order valence-electron chi connectivity index (χ3n) is 4.02. The van der Waals surface area contributed by atoms with Crippen LogP contribution in [-0.4, -0.2) is 5.91 Å². The lowest BCUT2D eigenvalue weighted by Crippen LogP contribution is -2.13. The van der Waals surface area contributed by atoms with Gasteiger partial charge < -0.3 is 10.1 Å². The van der Waals surface area contributed by atoms with E-state index in [-0.39, 0.29) is 15.6 Å². The Hall–Kier alpha value is -2.78. The van der Waals surface area contributed by atoms with Gasteiger partial charge in [0, 0.05) is 10.2 Å². The lowest BCUT2D eigenvalue weighted by Gasteiger charge is -2.11. The molecule has 0 radical (unpaired) electrons. The highest BCUT2D eigenvalue weighted by Crippen LogP contribution is 2.35. The molecule has 0 aliphatic heterocycles. The predicted octanol–water partition coefficient (Wildman–Crippen LogP) is 6.88. The van der Waals surface area contributed by atoms with E-state index in [1.54, 1.807) is 36.4 Å². The zero-order chi connectivity index (χ0) is 21.5. The van der Waals surface area contributed by atoms with Crippen LogP contribution >= 0.6 is 39.1 Å². The van der Waals surface area contributed by atoms with E-state index in [1.807, 2.05) is 36.4 Å². The Kier molecular flexibility index (Phi) is 7.53. The first-order chi connectivity index (χ1) is 14.5. The number of para-hydroxylation sites is 1. The van der Waals surface area contributed by atoms with E-state index in [1.165, 1.54) is 6.08 Å². The first-order valence-corrected chi connectivity index (χ1v) is 10.4. The van der Waals surface area contributed by atoms with E-state index in [2.05, 4.69) is 21.2 Å². The van der Waals surface area contributed by atoms with E-state index in [0.717, 1.165) is 10.0 Å². The Morgan fingerprint density at radius 3 is 2.30 bits per heavy atom. The summed E-state index contributed by atoms with van der Waals surface area (Å²) in [5, 5.41) is 12.6. The van der Waals surface area contributed by atoms with Crippen molar-refractivity contribution in [3.63, 3.8) is 0 Å². The Morgan fingerprint density at radius 1 is 1.07 bits per heavy atom. The number of halogens is 3. The standard InChI is InChI=1S/C23H15BrCl2N2O2/c24-18-8-6-15(7-9-18)14-30-22-20(25)11-16(12-21(22)26)10-17(13-27)23(29)28-19-4-2-1-3-5-19/h1-12H,14H2,(H,28,29)/b17-10-. The molecule has 1 N–H and O–H groups in total.